The van der Waals surface area contributed by atoms with Gasteiger partial charge in [-0.3, -0.25) is 0 Å². The van der Waals surface area contributed by atoms with Crippen molar-refractivity contribution in [3.8, 4) is 0 Å². The van der Waals surface area contributed by atoms with Crippen LogP contribution in [-0.4, -0.2) is 22.6 Å². The minimum atomic E-state index is 0. The minimum Gasteiger partial charge on any atom is -0.334 e. The van der Waals surface area contributed by atoms with E-state index in [-0.39, 0.29) is 12.4 Å². The third-order valence-corrected chi connectivity index (χ3v) is 2.91. The average Bonchev–Trinajstić information content (AvgIpc) is 2.88. The van der Waals surface area contributed by atoms with Gasteiger partial charge in [-0.15, -0.1) is 12.4 Å². The topological polar surface area (TPSA) is 29.9 Å². The zero-order valence-corrected chi connectivity index (χ0v) is 9.92. The first-order valence-electron chi connectivity index (χ1n) is 5.16. The molecule has 3 nitrogen and oxygen atoms in total. The second-order valence-corrected chi connectivity index (χ2v) is 3.89. The molecule has 1 aliphatic heterocycles. The molecule has 0 spiro atoms. The number of para-hydroxylation sites is 1. The Morgan fingerprint density at radius 2 is 2.25 bits per heavy atom. The molecule has 0 fully saturated rings. The maximum atomic E-state index is 4.46. The lowest BCUT2D eigenvalue weighted by Gasteiger charge is -2.03. The Hall–Kier alpha value is -1.32. The number of hydrogen-bond acceptors (Lipinski definition) is 2. The molecular weight excluding hydrogens is 222 g/mol. The van der Waals surface area contributed by atoms with Crippen LogP contribution in [0.3, 0.4) is 0 Å². The zero-order valence-electron chi connectivity index (χ0n) is 9.10. The third-order valence-electron chi connectivity index (χ3n) is 2.91. The fourth-order valence-corrected chi connectivity index (χ4v) is 2.10. The molecule has 0 saturated heterocycles. The van der Waals surface area contributed by atoms with E-state index in [1.165, 1.54) is 16.7 Å². The molecule has 0 bridgehead atoms. The lowest BCUT2D eigenvalue weighted by atomic mass is 10.1. The highest BCUT2D eigenvalue weighted by Crippen LogP contribution is 2.24. The Morgan fingerprint density at radius 3 is 3.00 bits per heavy atom. The normalized spacial score (nSPS) is 14.9. The standard InChI is InChI=1S/C12H13N3.ClH/c1-15-8-14-12-10(3-2-4-11(12)15)9-5-6-13-7-9;/h2-5,8,13H,6-7H2,1H3;1H. The van der Waals surface area contributed by atoms with Crippen molar-refractivity contribution >= 4 is 29.0 Å². The summed E-state index contributed by atoms with van der Waals surface area (Å²) in [6.07, 6.45) is 4.11. The number of rotatable bonds is 1. The fraction of sp³-hybridized carbons (Fsp3) is 0.250. The van der Waals surface area contributed by atoms with Crippen LogP contribution in [0.4, 0.5) is 0 Å². The quantitative estimate of drug-likeness (QED) is 0.819. The van der Waals surface area contributed by atoms with Gasteiger partial charge in [0, 0.05) is 25.7 Å². The van der Waals surface area contributed by atoms with Crippen molar-refractivity contribution in [2.24, 2.45) is 7.05 Å². The van der Waals surface area contributed by atoms with Gasteiger partial charge in [-0.1, -0.05) is 18.2 Å². The molecule has 0 amide bonds. The highest BCUT2D eigenvalue weighted by Gasteiger charge is 2.11. The molecule has 1 aliphatic rings. The number of aryl methyl sites for hydroxylation is 1. The van der Waals surface area contributed by atoms with Crippen LogP contribution in [0, 0.1) is 0 Å². The number of hydrogen-bond donors (Lipinski definition) is 1. The van der Waals surface area contributed by atoms with Crippen LogP contribution in [-0.2, 0) is 7.05 Å². The summed E-state index contributed by atoms with van der Waals surface area (Å²) in [6.45, 7) is 1.92. The van der Waals surface area contributed by atoms with Crippen LogP contribution in [0.2, 0.25) is 0 Å². The molecule has 0 saturated carbocycles. The van der Waals surface area contributed by atoms with E-state index >= 15 is 0 Å². The summed E-state index contributed by atoms with van der Waals surface area (Å²) in [5, 5.41) is 3.32. The largest absolute Gasteiger partial charge is 0.334 e. The summed E-state index contributed by atoms with van der Waals surface area (Å²) < 4.78 is 2.06. The lowest BCUT2D eigenvalue weighted by molar-refractivity contribution is 0.897. The molecule has 84 valence electrons. The van der Waals surface area contributed by atoms with Crippen LogP contribution in [0.15, 0.2) is 30.6 Å². The number of nitrogens with zero attached hydrogens (tertiary/aromatic N) is 2. The molecule has 0 atom stereocenters. The highest BCUT2D eigenvalue weighted by atomic mass is 35.5. The molecule has 0 aliphatic carbocycles. The Balaban J connectivity index is 0.000000963. The predicted octanol–water partition coefficient (Wildman–Crippen LogP) is 1.98. The number of benzene rings is 1. The van der Waals surface area contributed by atoms with Crippen molar-refractivity contribution < 1.29 is 0 Å². The maximum Gasteiger partial charge on any atom is 0.0960 e. The van der Waals surface area contributed by atoms with Crippen LogP contribution in [0.1, 0.15) is 5.56 Å². The molecule has 0 radical (unpaired) electrons. The van der Waals surface area contributed by atoms with Gasteiger partial charge < -0.3 is 9.88 Å². The van der Waals surface area contributed by atoms with Crippen LogP contribution < -0.4 is 5.32 Å². The van der Waals surface area contributed by atoms with Gasteiger partial charge in [-0.05, 0) is 11.6 Å². The summed E-state index contributed by atoms with van der Waals surface area (Å²) in [5.41, 5.74) is 4.92. The molecule has 4 heteroatoms. The van der Waals surface area contributed by atoms with Gasteiger partial charge in [0.15, 0.2) is 0 Å². The van der Waals surface area contributed by atoms with Gasteiger partial charge in [0.1, 0.15) is 0 Å². The summed E-state index contributed by atoms with van der Waals surface area (Å²) in [7, 11) is 2.03. The van der Waals surface area contributed by atoms with Crippen LogP contribution in [0.25, 0.3) is 16.6 Å². The number of fused-ring (bicyclic) bond motifs is 1. The van der Waals surface area contributed by atoms with Gasteiger partial charge in [0.25, 0.3) is 0 Å². The van der Waals surface area contributed by atoms with E-state index in [0.717, 1.165) is 18.6 Å². The van der Waals surface area contributed by atoms with Crippen molar-refractivity contribution in [1.82, 2.24) is 14.9 Å². The van der Waals surface area contributed by atoms with Crippen LogP contribution >= 0.6 is 12.4 Å². The Morgan fingerprint density at radius 1 is 1.38 bits per heavy atom. The molecule has 0 unspecified atom stereocenters. The van der Waals surface area contributed by atoms with E-state index in [1.54, 1.807) is 0 Å². The highest BCUT2D eigenvalue weighted by molar-refractivity contribution is 5.90. The first kappa shape index (κ1) is 11.2. The van der Waals surface area contributed by atoms with Crippen molar-refractivity contribution in [2.45, 2.75) is 0 Å². The van der Waals surface area contributed by atoms with E-state index < -0.39 is 0 Å². The van der Waals surface area contributed by atoms with Crippen molar-refractivity contribution in [3.05, 3.63) is 36.2 Å². The summed E-state index contributed by atoms with van der Waals surface area (Å²) in [5.74, 6) is 0. The first-order valence-corrected chi connectivity index (χ1v) is 5.16. The van der Waals surface area contributed by atoms with Crippen molar-refractivity contribution in [2.75, 3.05) is 13.1 Å². The Labute approximate surface area is 101 Å². The number of nitrogens with one attached hydrogen (secondary N) is 1. The third kappa shape index (κ3) is 1.62. The molecule has 2 heterocycles. The molecule has 1 N–H and O–H groups in total. The molecule has 3 rings (SSSR count). The first-order chi connectivity index (χ1) is 7.36. The number of aromatic nitrogens is 2. The molecule has 2 aromatic rings. The summed E-state index contributed by atoms with van der Waals surface area (Å²) in [6, 6.07) is 6.35. The molecule has 1 aromatic carbocycles. The number of halogens is 1. The van der Waals surface area contributed by atoms with Crippen molar-refractivity contribution in [3.63, 3.8) is 0 Å². The SMILES string of the molecule is Cl.Cn1cnc2c(C3=CCNC3)cccc21. The van der Waals surface area contributed by atoms with Gasteiger partial charge in [0.05, 0.1) is 17.4 Å². The van der Waals surface area contributed by atoms with E-state index in [0.29, 0.717) is 0 Å². The van der Waals surface area contributed by atoms with E-state index in [2.05, 4.69) is 39.1 Å². The van der Waals surface area contributed by atoms with Gasteiger partial charge >= 0.3 is 0 Å². The van der Waals surface area contributed by atoms with E-state index in [4.69, 9.17) is 0 Å². The summed E-state index contributed by atoms with van der Waals surface area (Å²) in [4.78, 5) is 4.46. The minimum absolute atomic E-state index is 0. The second-order valence-electron chi connectivity index (χ2n) is 3.89. The van der Waals surface area contributed by atoms with Gasteiger partial charge in [-0.2, -0.15) is 0 Å². The zero-order chi connectivity index (χ0) is 10.3. The Kier molecular flexibility index (Phi) is 2.99. The van der Waals surface area contributed by atoms with Crippen LogP contribution in [0.5, 0.6) is 0 Å². The maximum absolute atomic E-state index is 4.46. The molecular formula is C12H14ClN3. The van der Waals surface area contributed by atoms with E-state index in [1.807, 2.05) is 13.4 Å². The molecule has 1 aromatic heterocycles. The summed E-state index contributed by atoms with van der Waals surface area (Å²) >= 11 is 0. The molecule has 16 heavy (non-hydrogen) atoms. The Bertz CT molecular complexity index is 542. The fourth-order valence-electron chi connectivity index (χ4n) is 2.10. The van der Waals surface area contributed by atoms with Gasteiger partial charge in [0.2, 0.25) is 0 Å². The lowest BCUT2D eigenvalue weighted by Crippen LogP contribution is -2.07. The smallest absolute Gasteiger partial charge is 0.0960 e. The number of imidazole rings is 1. The van der Waals surface area contributed by atoms with E-state index in [9.17, 15) is 0 Å². The van der Waals surface area contributed by atoms with Crippen molar-refractivity contribution in [1.29, 1.82) is 0 Å². The monoisotopic (exact) mass is 235 g/mol. The average molecular weight is 236 g/mol. The predicted molar refractivity (Wildman–Crippen MR) is 68.8 cm³/mol. The van der Waals surface area contributed by atoms with Gasteiger partial charge in [-0.25, -0.2) is 4.98 Å². The second kappa shape index (κ2) is 4.28.